The Morgan fingerprint density at radius 2 is 2.00 bits per heavy atom. The Labute approximate surface area is 204 Å². The predicted octanol–water partition coefficient (Wildman–Crippen LogP) is 3.45. The van der Waals surface area contributed by atoms with Crippen LogP contribution in [0.5, 0.6) is 0 Å². The first kappa shape index (κ1) is 24.2. The van der Waals surface area contributed by atoms with Crippen molar-refractivity contribution < 1.29 is 14.3 Å². The van der Waals surface area contributed by atoms with Crippen molar-refractivity contribution in [2.75, 3.05) is 24.7 Å². The zero-order valence-electron chi connectivity index (χ0n) is 19.0. The molecule has 3 aromatic carbocycles. The van der Waals surface area contributed by atoms with Gasteiger partial charge in [-0.15, -0.1) is 0 Å². The molecule has 0 aromatic heterocycles. The van der Waals surface area contributed by atoms with Crippen LogP contribution >= 0.6 is 11.6 Å². The second-order valence-electron chi connectivity index (χ2n) is 8.43. The molecule has 34 heavy (non-hydrogen) atoms. The smallest absolute Gasteiger partial charge is 0.247 e. The van der Waals surface area contributed by atoms with Crippen LogP contribution in [0.4, 0.5) is 5.69 Å². The summed E-state index contributed by atoms with van der Waals surface area (Å²) in [4.78, 5) is 28.0. The highest BCUT2D eigenvalue weighted by molar-refractivity contribution is 6.30. The second-order valence-corrected chi connectivity index (χ2v) is 8.86. The SMILES string of the molecule is CC(C(N)=O)c1c(N2CCCNC(C(OCN)c3cccc(Cl)c3)C2=O)ccc2ccccc12. The standard InChI is InChI=1S/C26H29ClN4O3/c1-16(25(29)32)22-20-9-3-2-6-17(20)10-11-21(22)31-13-5-12-30-23(26(31)33)24(34-15-28)18-7-4-8-19(27)14-18/h2-4,6-11,14,16,23-24,30H,5,12-13,15,28H2,1H3,(H2,29,32). The highest BCUT2D eigenvalue weighted by Crippen LogP contribution is 2.37. The third kappa shape index (κ3) is 4.79. The number of nitrogens with one attached hydrogen (secondary N) is 1. The van der Waals surface area contributed by atoms with Crippen LogP contribution < -0.4 is 21.7 Å². The summed E-state index contributed by atoms with van der Waals surface area (Å²) in [5, 5.41) is 5.77. The van der Waals surface area contributed by atoms with Crippen molar-refractivity contribution in [3.63, 3.8) is 0 Å². The van der Waals surface area contributed by atoms with Crippen LogP contribution in [0.1, 0.15) is 36.5 Å². The molecular weight excluding hydrogens is 452 g/mol. The predicted molar refractivity (Wildman–Crippen MR) is 135 cm³/mol. The van der Waals surface area contributed by atoms with E-state index in [0.29, 0.717) is 23.8 Å². The molecule has 4 rings (SSSR count). The zero-order chi connectivity index (χ0) is 24.2. The molecular formula is C26H29ClN4O3. The lowest BCUT2D eigenvalue weighted by Gasteiger charge is -2.32. The van der Waals surface area contributed by atoms with Gasteiger partial charge in [0.05, 0.1) is 12.6 Å². The fourth-order valence-electron chi connectivity index (χ4n) is 4.62. The van der Waals surface area contributed by atoms with Gasteiger partial charge in [-0.05, 0) is 60.0 Å². The maximum absolute atomic E-state index is 14.0. The average Bonchev–Trinajstić information content (AvgIpc) is 3.02. The van der Waals surface area contributed by atoms with Crippen LogP contribution in [0.2, 0.25) is 5.02 Å². The monoisotopic (exact) mass is 480 g/mol. The molecule has 5 N–H and O–H groups in total. The molecule has 2 amide bonds. The van der Waals surface area contributed by atoms with Gasteiger partial charge in [0.1, 0.15) is 12.1 Å². The van der Waals surface area contributed by atoms with Gasteiger partial charge >= 0.3 is 0 Å². The number of ether oxygens (including phenoxy) is 1. The van der Waals surface area contributed by atoms with E-state index in [4.69, 9.17) is 27.8 Å². The first-order valence-corrected chi connectivity index (χ1v) is 11.7. The van der Waals surface area contributed by atoms with Crippen molar-refractivity contribution in [3.05, 3.63) is 76.8 Å². The number of carbonyl (C=O) groups is 2. The van der Waals surface area contributed by atoms with Crippen LogP contribution in [0.3, 0.4) is 0 Å². The van der Waals surface area contributed by atoms with E-state index in [-0.39, 0.29) is 12.6 Å². The average molecular weight is 481 g/mol. The number of hydrogen-bond donors (Lipinski definition) is 3. The molecule has 1 aliphatic rings. The van der Waals surface area contributed by atoms with E-state index in [2.05, 4.69) is 5.32 Å². The third-order valence-corrected chi connectivity index (χ3v) is 6.54. The van der Waals surface area contributed by atoms with Gasteiger partial charge < -0.3 is 26.4 Å². The maximum atomic E-state index is 14.0. The molecule has 0 saturated carbocycles. The molecule has 7 nitrogen and oxygen atoms in total. The van der Waals surface area contributed by atoms with Crippen LogP contribution in [0.15, 0.2) is 60.7 Å². The van der Waals surface area contributed by atoms with Crippen molar-refractivity contribution in [2.45, 2.75) is 31.4 Å². The van der Waals surface area contributed by atoms with Crippen molar-refractivity contribution in [2.24, 2.45) is 11.5 Å². The Bertz CT molecular complexity index is 1200. The van der Waals surface area contributed by atoms with Crippen LogP contribution in [-0.2, 0) is 14.3 Å². The highest BCUT2D eigenvalue weighted by atomic mass is 35.5. The number of primary amides is 1. The summed E-state index contributed by atoms with van der Waals surface area (Å²) in [7, 11) is 0. The molecule has 0 radical (unpaired) electrons. The number of anilines is 1. The number of rotatable bonds is 7. The zero-order valence-corrected chi connectivity index (χ0v) is 19.8. The largest absolute Gasteiger partial charge is 0.369 e. The van der Waals surface area contributed by atoms with E-state index in [0.717, 1.165) is 28.3 Å². The van der Waals surface area contributed by atoms with Crippen molar-refractivity contribution in [3.8, 4) is 0 Å². The Hall–Kier alpha value is -2.97. The lowest BCUT2D eigenvalue weighted by molar-refractivity contribution is -0.124. The Balaban J connectivity index is 1.81. The number of hydrogen-bond acceptors (Lipinski definition) is 5. The molecule has 0 spiro atoms. The Morgan fingerprint density at radius 1 is 1.21 bits per heavy atom. The summed E-state index contributed by atoms with van der Waals surface area (Å²) in [5.74, 6) is -1.19. The van der Waals surface area contributed by atoms with Crippen molar-refractivity contribution >= 4 is 39.9 Å². The van der Waals surface area contributed by atoms with Gasteiger partial charge in [-0.1, -0.05) is 54.1 Å². The fraction of sp³-hybridized carbons (Fsp3) is 0.308. The van der Waals surface area contributed by atoms with E-state index in [1.54, 1.807) is 24.0 Å². The van der Waals surface area contributed by atoms with Gasteiger partial charge in [-0.2, -0.15) is 0 Å². The van der Waals surface area contributed by atoms with Gasteiger partial charge in [-0.25, -0.2) is 0 Å². The molecule has 178 valence electrons. The molecule has 3 atom stereocenters. The van der Waals surface area contributed by atoms with Crippen molar-refractivity contribution in [1.82, 2.24) is 5.32 Å². The molecule has 1 aliphatic heterocycles. The van der Waals surface area contributed by atoms with Gasteiger partial charge in [0.15, 0.2) is 0 Å². The van der Waals surface area contributed by atoms with E-state index < -0.39 is 24.0 Å². The number of amides is 2. The fourth-order valence-corrected chi connectivity index (χ4v) is 4.82. The van der Waals surface area contributed by atoms with Gasteiger partial charge in [0.25, 0.3) is 0 Å². The molecule has 0 aliphatic carbocycles. The normalized spacial score (nSPS) is 18.5. The number of carbonyl (C=O) groups excluding carboxylic acids is 2. The lowest BCUT2D eigenvalue weighted by Crippen LogP contribution is -2.48. The number of fused-ring (bicyclic) bond motifs is 1. The maximum Gasteiger partial charge on any atom is 0.247 e. The molecule has 8 heteroatoms. The third-order valence-electron chi connectivity index (χ3n) is 6.31. The minimum Gasteiger partial charge on any atom is -0.369 e. The number of halogens is 1. The first-order chi connectivity index (χ1) is 16.4. The molecule has 3 aromatic rings. The van der Waals surface area contributed by atoms with E-state index >= 15 is 0 Å². The van der Waals surface area contributed by atoms with E-state index in [1.807, 2.05) is 48.5 Å². The first-order valence-electron chi connectivity index (χ1n) is 11.3. The van der Waals surface area contributed by atoms with E-state index in [9.17, 15) is 9.59 Å². The van der Waals surface area contributed by atoms with Crippen molar-refractivity contribution in [1.29, 1.82) is 0 Å². The molecule has 1 fully saturated rings. The van der Waals surface area contributed by atoms with Gasteiger partial charge in [0.2, 0.25) is 11.8 Å². The number of benzene rings is 3. The topological polar surface area (TPSA) is 111 Å². The summed E-state index contributed by atoms with van der Waals surface area (Å²) >= 11 is 6.22. The number of nitrogens with zero attached hydrogens (tertiary/aromatic N) is 1. The molecule has 1 heterocycles. The quantitative estimate of drug-likeness (QED) is 0.448. The lowest BCUT2D eigenvalue weighted by atomic mass is 9.91. The molecule has 3 unspecified atom stereocenters. The summed E-state index contributed by atoms with van der Waals surface area (Å²) in [6, 6.07) is 18.2. The summed E-state index contributed by atoms with van der Waals surface area (Å²) in [5.41, 5.74) is 13.7. The van der Waals surface area contributed by atoms with Gasteiger partial charge in [-0.3, -0.25) is 9.59 Å². The second kappa shape index (κ2) is 10.5. The number of nitrogens with two attached hydrogens (primary N) is 2. The highest BCUT2D eigenvalue weighted by Gasteiger charge is 2.37. The minimum absolute atomic E-state index is 0.0530. The minimum atomic E-state index is -0.687. The van der Waals surface area contributed by atoms with Crippen LogP contribution in [-0.4, -0.2) is 37.7 Å². The van der Waals surface area contributed by atoms with Crippen LogP contribution in [0.25, 0.3) is 10.8 Å². The Morgan fingerprint density at radius 3 is 2.74 bits per heavy atom. The van der Waals surface area contributed by atoms with Crippen LogP contribution in [0, 0.1) is 0 Å². The summed E-state index contributed by atoms with van der Waals surface area (Å²) in [6.07, 6.45) is 0.0962. The molecule has 0 bridgehead atoms. The van der Waals surface area contributed by atoms with Gasteiger partial charge in [0, 0.05) is 17.3 Å². The summed E-state index contributed by atoms with van der Waals surface area (Å²) < 4.78 is 5.85. The Kier molecular flexibility index (Phi) is 7.48. The van der Waals surface area contributed by atoms with E-state index in [1.165, 1.54) is 0 Å². The molecule has 1 saturated heterocycles. The summed E-state index contributed by atoms with van der Waals surface area (Å²) in [6.45, 7) is 2.83.